The van der Waals surface area contributed by atoms with Crippen molar-refractivity contribution in [2.45, 2.75) is 26.3 Å². The fourth-order valence-corrected chi connectivity index (χ4v) is 3.20. The highest BCUT2D eigenvalue weighted by Gasteiger charge is 2.50. The minimum Gasteiger partial charge on any atom is -0.425 e. The first-order valence-corrected chi connectivity index (χ1v) is 8.54. The Hall–Kier alpha value is -3.28. The molecule has 1 aliphatic heterocycles. The van der Waals surface area contributed by atoms with Crippen LogP contribution in [0.2, 0.25) is 0 Å². The summed E-state index contributed by atoms with van der Waals surface area (Å²) in [6, 6.07) is 13.5. The molecule has 2 aromatic carbocycles. The molecule has 0 bridgehead atoms. The van der Waals surface area contributed by atoms with E-state index in [0.717, 1.165) is 4.90 Å². The van der Waals surface area contributed by atoms with Crippen LogP contribution in [0.5, 0.6) is 5.75 Å². The number of ether oxygens (including phenoxy) is 1. The van der Waals surface area contributed by atoms with Crippen LogP contribution in [0, 0.1) is 5.41 Å². The fourth-order valence-electron chi connectivity index (χ4n) is 3.20. The van der Waals surface area contributed by atoms with Crippen molar-refractivity contribution in [3.05, 3.63) is 65.7 Å². The number of carbonyl (C=O) groups is 4. The zero-order chi connectivity index (χ0) is 19.6. The maximum atomic E-state index is 13.0. The largest absolute Gasteiger partial charge is 0.425 e. The molecule has 0 saturated carbocycles. The molecule has 0 saturated heterocycles. The number of para-hydroxylation sites is 1. The van der Waals surface area contributed by atoms with Gasteiger partial charge in [-0.05, 0) is 24.3 Å². The predicted octanol–water partition coefficient (Wildman–Crippen LogP) is 2.87. The van der Waals surface area contributed by atoms with Crippen molar-refractivity contribution >= 4 is 24.1 Å². The quantitative estimate of drug-likeness (QED) is 0.340. The molecule has 138 valence electrons. The molecule has 0 aliphatic carbocycles. The van der Waals surface area contributed by atoms with Crippen LogP contribution >= 0.6 is 0 Å². The number of nitrogens with zero attached hydrogens (tertiary/aromatic N) is 1. The van der Waals surface area contributed by atoms with Gasteiger partial charge in [-0.25, -0.2) is 4.79 Å². The van der Waals surface area contributed by atoms with E-state index in [9.17, 15) is 19.2 Å². The van der Waals surface area contributed by atoms with Crippen molar-refractivity contribution < 1.29 is 23.9 Å². The van der Waals surface area contributed by atoms with Gasteiger partial charge in [0.05, 0.1) is 11.1 Å². The number of imide groups is 1. The molecule has 0 radical (unpaired) electrons. The lowest BCUT2D eigenvalue weighted by Crippen LogP contribution is -2.54. The summed E-state index contributed by atoms with van der Waals surface area (Å²) in [6.07, 6.45) is 0.649. The molecule has 0 spiro atoms. The highest BCUT2D eigenvalue weighted by atomic mass is 16.5. The molecule has 6 nitrogen and oxygen atoms in total. The van der Waals surface area contributed by atoms with Gasteiger partial charge >= 0.3 is 5.97 Å². The number of esters is 1. The maximum Gasteiger partial charge on any atom is 0.335 e. The summed E-state index contributed by atoms with van der Waals surface area (Å²) in [4.78, 5) is 50.8. The van der Waals surface area contributed by atoms with Crippen LogP contribution in [-0.4, -0.2) is 35.0 Å². The van der Waals surface area contributed by atoms with Gasteiger partial charge in [-0.15, -0.1) is 0 Å². The topological polar surface area (TPSA) is 80.8 Å². The summed E-state index contributed by atoms with van der Waals surface area (Å²) in [5.41, 5.74) is -0.523. The molecule has 1 unspecified atom stereocenters. The van der Waals surface area contributed by atoms with E-state index in [0.29, 0.717) is 12.0 Å². The molecule has 1 heterocycles. The number of hydrogen-bond donors (Lipinski definition) is 0. The number of fused-ring (bicyclic) bond motifs is 1. The average molecular weight is 365 g/mol. The first kappa shape index (κ1) is 18.5. The summed E-state index contributed by atoms with van der Waals surface area (Å²) >= 11 is 0. The summed E-state index contributed by atoms with van der Waals surface area (Å²) in [5.74, 6) is -1.59. The molecular weight excluding hydrogens is 346 g/mol. The lowest BCUT2D eigenvalue weighted by molar-refractivity contribution is -0.143. The van der Waals surface area contributed by atoms with E-state index < -0.39 is 29.2 Å². The summed E-state index contributed by atoms with van der Waals surface area (Å²) in [7, 11) is 0. The van der Waals surface area contributed by atoms with Crippen molar-refractivity contribution in [1.29, 1.82) is 0 Å². The first-order valence-electron chi connectivity index (χ1n) is 8.54. The standard InChI is InChI=1S/C21H19NO5/c1-21(2,12-13-23)17(20(26)27-14-8-4-3-5-9-14)22-18(24)15-10-6-7-11-16(15)19(22)25/h3-11,13,17H,12H2,1-2H3. The van der Waals surface area contributed by atoms with E-state index in [1.165, 1.54) is 0 Å². The number of amides is 2. The Morgan fingerprint density at radius 2 is 1.52 bits per heavy atom. The van der Waals surface area contributed by atoms with Crippen LogP contribution in [0.25, 0.3) is 0 Å². The lowest BCUT2D eigenvalue weighted by Gasteiger charge is -2.36. The van der Waals surface area contributed by atoms with Crippen molar-refractivity contribution in [2.75, 3.05) is 0 Å². The van der Waals surface area contributed by atoms with Gasteiger partial charge in [0.1, 0.15) is 18.1 Å². The zero-order valence-electron chi connectivity index (χ0n) is 15.0. The highest BCUT2D eigenvalue weighted by Crippen LogP contribution is 2.35. The fraction of sp³-hybridized carbons (Fsp3) is 0.238. The van der Waals surface area contributed by atoms with Crippen molar-refractivity contribution in [3.63, 3.8) is 0 Å². The van der Waals surface area contributed by atoms with Crippen LogP contribution in [0.15, 0.2) is 54.6 Å². The molecule has 2 amide bonds. The number of aldehydes is 1. The van der Waals surface area contributed by atoms with Crippen LogP contribution in [0.1, 0.15) is 41.0 Å². The predicted molar refractivity (Wildman–Crippen MR) is 97.3 cm³/mol. The van der Waals surface area contributed by atoms with Gasteiger partial charge < -0.3 is 9.53 Å². The Morgan fingerprint density at radius 3 is 2.04 bits per heavy atom. The van der Waals surface area contributed by atoms with Gasteiger partial charge in [0.2, 0.25) is 0 Å². The van der Waals surface area contributed by atoms with Crippen LogP contribution in [0.3, 0.4) is 0 Å². The van der Waals surface area contributed by atoms with E-state index in [1.807, 2.05) is 0 Å². The molecule has 1 aliphatic rings. The van der Waals surface area contributed by atoms with Crippen molar-refractivity contribution in [1.82, 2.24) is 4.90 Å². The van der Waals surface area contributed by atoms with Crippen LogP contribution in [0.4, 0.5) is 0 Å². The molecule has 0 fully saturated rings. The van der Waals surface area contributed by atoms with Crippen LogP contribution in [-0.2, 0) is 9.59 Å². The van der Waals surface area contributed by atoms with Gasteiger partial charge in [0.25, 0.3) is 11.8 Å². The van der Waals surface area contributed by atoms with Gasteiger partial charge in [-0.2, -0.15) is 0 Å². The number of benzene rings is 2. The normalized spacial score (nSPS) is 14.7. The highest BCUT2D eigenvalue weighted by molar-refractivity contribution is 6.22. The molecule has 1 atom stereocenters. The van der Waals surface area contributed by atoms with E-state index in [-0.39, 0.29) is 17.5 Å². The minimum absolute atomic E-state index is 0.0189. The third kappa shape index (κ3) is 3.38. The zero-order valence-corrected chi connectivity index (χ0v) is 15.0. The van der Waals surface area contributed by atoms with Crippen molar-refractivity contribution in [2.24, 2.45) is 5.41 Å². The number of hydrogen-bond acceptors (Lipinski definition) is 5. The van der Waals surface area contributed by atoms with E-state index in [2.05, 4.69) is 0 Å². The number of rotatable bonds is 6. The maximum absolute atomic E-state index is 13.0. The van der Waals surface area contributed by atoms with Crippen LogP contribution < -0.4 is 4.74 Å². The average Bonchev–Trinajstić information content (AvgIpc) is 2.88. The van der Waals surface area contributed by atoms with Gasteiger partial charge in [0, 0.05) is 11.8 Å². The second-order valence-corrected chi connectivity index (χ2v) is 7.02. The number of carbonyl (C=O) groups excluding carboxylic acids is 4. The van der Waals surface area contributed by atoms with Gasteiger partial charge in [0.15, 0.2) is 0 Å². The van der Waals surface area contributed by atoms with Crippen molar-refractivity contribution in [3.8, 4) is 5.75 Å². The Kier molecular flexibility index (Phi) is 4.90. The van der Waals surface area contributed by atoms with E-state index in [1.54, 1.807) is 68.4 Å². The molecule has 0 aromatic heterocycles. The molecule has 0 N–H and O–H groups in total. The van der Waals surface area contributed by atoms with Gasteiger partial charge in [-0.1, -0.05) is 44.2 Å². The Labute approximate surface area is 156 Å². The molecule has 27 heavy (non-hydrogen) atoms. The SMILES string of the molecule is CC(C)(CC=O)C(C(=O)Oc1ccccc1)N1C(=O)c2ccccc2C1=O. The Bertz CT molecular complexity index is 869. The minimum atomic E-state index is -1.24. The first-order chi connectivity index (χ1) is 12.9. The summed E-state index contributed by atoms with van der Waals surface area (Å²) in [6.45, 7) is 3.31. The molecule has 6 heteroatoms. The van der Waals surface area contributed by atoms with E-state index >= 15 is 0 Å². The molecule has 2 aromatic rings. The second-order valence-electron chi connectivity index (χ2n) is 7.02. The smallest absolute Gasteiger partial charge is 0.335 e. The monoisotopic (exact) mass is 365 g/mol. The Balaban J connectivity index is 2.01. The lowest BCUT2D eigenvalue weighted by atomic mass is 9.80. The molecule has 3 rings (SSSR count). The van der Waals surface area contributed by atoms with Gasteiger partial charge in [-0.3, -0.25) is 14.5 Å². The Morgan fingerprint density at radius 1 is 1.00 bits per heavy atom. The summed E-state index contributed by atoms with van der Waals surface area (Å²) < 4.78 is 5.42. The van der Waals surface area contributed by atoms with E-state index in [4.69, 9.17) is 4.74 Å². The third-order valence-electron chi connectivity index (χ3n) is 4.62. The third-order valence-corrected chi connectivity index (χ3v) is 4.62. The summed E-state index contributed by atoms with van der Waals surface area (Å²) in [5, 5.41) is 0. The molecular formula is C21H19NO5. The second kappa shape index (κ2) is 7.15.